The zero-order valence-electron chi connectivity index (χ0n) is 10.9. The van der Waals surface area contributed by atoms with Crippen LogP contribution in [0.2, 0.25) is 0 Å². The molecule has 6 nitrogen and oxygen atoms in total. The number of nitrogens with zero attached hydrogens (tertiary/aromatic N) is 2. The molecule has 20 heavy (non-hydrogen) atoms. The molecule has 0 aromatic heterocycles. The maximum absolute atomic E-state index is 12.0. The van der Waals surface area contributed by atoms with Crippen LogP contribution in [0.25, 0.3) is 0 Å². The molecule has 2 aliphatic heterocycles. The molecule has 6 heteroatoms. The Bertz CT molecular complexity index is 543. The van der Waals surface area contributed by atoms with Gasteiger partial charge in [-0.2, -0.15) is 0 Å². The highest BCUT2D eigenvalue weighted by molar-refractivity contribution is 6.21. The predicted molar refractivity (Wildman–Crippen MR) is 69.1 cm³/mol. The van der Waals surface area contributed by atoms with Crippen molar-refractivity contribution in [2.24, 2.45) is 0 Å². The molecule has 0 atom stereocenters. The molecule has 0 N–H and O–H groups in total. The van der Waals surface area contributed by atoms with Gasteiger partial charge in [-0.05, 0) is 25.0 Å². The first-order valence-electron chi connectivity index (χ1n) is 6.55. The van der Waals surface area contributed by atoms with Crippen molar-refractivity contribution in [3.05, 3.63) is 35.4 Å². The predicted octanol–water partition coefficient (Wildman–Crippen LogP) is 1.47. The molecule has 0 aliphatic carbocycles. The summed E-state index contributed by atoms with van der Waals surface area (Å²) in [7, 11) is 0. The average Bonchev–Trinajstić information content (AvgIpc) is 3.07. The van der Waals surface area contributed by atoms with Crippen molar-refractivity contribution in [3.63, 3.8) is 0 Å². The minimum absolute atomic E-state index is 0.332. The molecule has 0 unspecified atom stereocenters. The summed E-state index contributed by atoms with van der Waals surface area (Å²) in [6, 6.07) is 6.59. The maximum Gasteiger partial charge on any atom is 0.411 e. The van der Waals surface area contributed by atoms with Crippen LogP contribution in [0.4, 0.5) is 4.79 Å². The second-order valence-corrected chi connectivity index (χ2v) is 4.82. The fourth-order valence-electron chi connectivity index (χ4n) is 2.47. The molecule has 2 aliphatic rings. The van der Waals surface area contributed by atoms with Crippen molar-refractivity contribution in [2.45, 2.75) is 12.8 Å². The van der Waals surface area contributed by atoms with Crippen molar-refractivity contribution in [3.8, 4) is 0 Å². The van der Waals surface area contributed by atoms with Crippen LogP contribution >= 0.6 is 0 Å². The Morgan fingerprint density at radius 3 is 2.15 bits per heavy atom. The van der Waals surface area contributed by atoms with Gasteiger partial charge in [0.2, 0.25) is 0 Å². The summed E-state index contributed by atoms with van der Waals surface area (Å²) in [5.41, 5.74) is 0.712. The topological polar surface area (TPSA) is 66.9 Å². The summed E-state index contributed by atoms with van der Waals surface area (Å²) in [4.78, 5) is 38.4. The van der Waals surface area contributed by atoms with Crippen molar-refractivity contribution < 1.29 is 19.1 Å². The Labute approximate surface area is 115 Å². The molecule has 0 spiro atoms. The summed E-state index contributed by atoms with van der Waals surface area (Å²) in [5, 5.41) is 0. The van der Waals surface area contributed by atoms with Gasteiger partial charge in [0, 0.05) is 13.1 Å². The summed E-state index contributed by atoms with van der Waals surface area (Å²) < 4.78 is 5.05. The SMILES string of the molecule is O=C(OCN1C(=O)c2ccccc2C1=O)N1CCCC1. The molecule has 3 amide bonds. The van der Waals surface area contributed by atoms with Crippen LogP contribution in [-0.2, 0) is 4.74 Å². The quantitative estimate of drug-likeness (QED) is 0.766. The Kier molecular flexibility index (Phi) is 3.14. The highest BCUT2D eigenvalue weighted by Crippen LogP contribution is 2.22. The zero-order valence-corrected chi connectivity index (χ0v) is 10.9. The van der Waals surface area contributed by atoms with E-state index in [-0.39, 0.29) is 6.73 Å². The van der Waals surface area contributed by atoms with E-state index in [1.165, 1.54) is 0 Å². The van der Waals surface area contributed by atoms with E-state index in [1.807, 2.05) is 0 Å². The number of amides is 3. The summed E-state index contributed by atoms with van der Waals surface area (Å²) in [5.74, 6) is -0.834. The number of carbonyl (C=O) groups is 3. The molecule has 1 aromatic carbocycles. The normalized spacial score (nSPS) is 17.6. The first kappa shape index (κ1) is 12.7. The van der Waals surface area contributed by atoms with E-state index in [4.69, 9.17) is 4.74 Å². The number of imide groups is 1. The largest absolute Gasteiger partial charge is 0.427 e. The summed E-state index contributed by atoms with van der Waals surface area (Å²) >= 11 is 0. The van der Waals surface area contributed by atoms with E-state index in [9.17, 15) is 14.4 Å². The third-order valence-corrected chi connectivity index (χ3v) is 3.56. The van der Waals surface area contributed by atoms with Crippen molar-refractivity contribution >= 4 is 17.9 Å². The smallest absolute Gasteiger partial charge is 0.411 e. The van der Waals surface area contributed by atoms with Gasteiger partial charge < -0.3 is 9.64 Å². The molecule has 0 saturated carbocycles. The molecule has 1 saturated heterocycles. The Morgan fingerprint density at radius 2 is 1.60 bits per heavy atom. The maximum atomic E-state index is 12.0. The Balaban J connectivity index is 1.66. The molecular weight excluding hydrogens is 260 g/mol. The van der Waals surface area contributed by atoms with E-state index in [0.29, 0.717) is 24.2 Å². The number of hydrogen-bond acceptors (Lipinski definition) is 4. The summed E-state index contributed by atoms with van der Waals surface area (Å²) in [6.45, 7) is 1.00. The van der Waals surface area contributed by atoms with Gasteiger partial charge in [-0.1, -0.05) is 12.1 Å². The standard InChI is InChI=1S/C14H14N2O4/c17-12-10-5-1-2-6-11(10)13(18)16(12)9-20-14(19)15-7-3-4-8-15/h1-2,5-6H,3-4,7-9H2. The summed E-state index contributed by atoms with van der Waals surface area (Å²) in [6.07, 6.45) is 1.45. The molecule has 104 valence electrons. The average molecular weight is 274 g/mol. The number of fused-ring (bicyclic) bond motifs is 1. The lowest BCUT2D eigenvalue weighted by Crippen LogP contribution is -2.36. The van der Waals surface area contributed by atoms with Gasteiger partial charge in [0.25, 0.3) is 11.8 Å². The lowest BCUT2D eigenvalue weighted by molar-refractivity contribution is 0.0362. The van der Waals surface area contributed by atoms with Gasteiger partial charge >= 0.3 is 6.09 Å². The van der Waals surface area contributed by atoms with E-state index >= 15 is 0 Å². The minimum Gasteiger partial charge on any atom is -0.427 e. The van der Waals surface area contributed by atoms with Crippen LogP contribution in [0.15, 0.2) is 24.3 Å². The van der Waals surface area contributed by atoms with Gasteiger partial charge in [0.05, 0.1) is 11.1 Å². The van der Waals surface area contributed by atoms with Crippen LogP contribution in [0.1, 0.15) is 33.6 Å². The van der Waals surface area contributed by atoms with E-state index in [2.05, 4.69) is 0 Å². The third-order valence-electron chi connectivity index (χ3n) is 3.56. The van der Waals surface area contributed by atoms with Gasteiger partial charge in [-0.15, -0.1) is 0 Å². The molecule has 0 radical (unpaired) electrons. The van der Waals surface area contributed by atoms with Crippen molar-refractivity contribution in [2.75, 3.05) is 19.8 Å². The van der Waals surface area contributed by atoms with Gasteiger partial charge in [-0.3, -0.25) is 9.59 Å². The Hall–Kier alpha value is -2.37. The molecule has 1 fully saturated rings. The number of ether oxygens (including phenoxy) is 1. The Morgan fingerprint density at radius 1 is 1.05 bits per heavy atom. The highest BCUT2D eigenvalue weighted by atomic mass is 16.6. The zero-order chi connectivity index (χ0) is 14.1. The molecule has 0 bridgehead atoms. The lowest BCUT2D eigenvalue weighted by atomic mass is 10.1. The van der Waals surface area contributed by atoms with E-state index < -0.39 is 17.9 Å². The van der Waals surface area contributed by atoms with Crippen LogP contribution in [0.3, 0.4) is 0 Å². The van der Waals surface area contributed by atoms with Crippen molar-refractivity contribution in [1.82, 2.24) is 9.80 Å². The highest BCUT2D eigenvalue weighted by Gasteiger charge is 2.36. The fourth-order valence-corrected chi connectivity index (χ4v) is 2.47. The van der Waals surface area contributed by atoms with E-state index in [0.717, 1.165) is 17.7 Å². The number of benzene rings is 1. The number of carbonyl (C=O) groups excluding carboxylic acids is 3. The monoisotopic (exact) mass is 274 g/mol. The molecule has 3 rings (SSSR count). The molecule has 1 aromatic rings. The number of rotatable bonds is 2. The second-order valence-electron chi connectivity index (χ2n) is 4.82. The van der Waals surface area contributed by atoms with Crippen LogP contribution in [-0.4, -0.2) is 47.5 Å². The van der Waals surface area contributed by atoms with Gasteiger partial charge in [0.1, 0.15) is 0 Å². The molecular formula is C14H14N2O4. The van der Waals surface area contributed by atoms with Crippen molar-refractivity contribution in [1.29, 1.82) is 0 Å². The van der Waals surface area contributed by atoms with Crippen LogP contribution in [0, 0.1) is 0 Å². The second kappa shape index (κ2) is 4.96. The molecule has 2 heterocycles. The fraction of sp³-hybridized carbons (Fsp3) is 0.357. The van der Waals surface area contributed by atoms with E-state index in [1.54, 1.807) is 29.2 Å². The first-order valence-corrected chi connectivity index (χ1v) is 6.55. The minimum atomic E-state index is -0.473. The third kappa shape index (κ3) is 2.03. The van der Waals surface area contributed by atoms with Gasteiger partial charge in [-0.25, -0.2) is 9.69 Å². The lowest BCUT2D eigenvalue weighted by Gasteiger charge is -2.18. The van der Waals surface area contributed by atoms with Crippen LogP contribution < -0.4 is 0 Å². The van der Waals surface area contributed by atoms with Crippen LogP contribution in [0.5, 0.6) is 0 Å². The number of likely N-dealkylation sites (tertiary alicyclic amines) is 1. The number of hydrogen-bond donors (Lipinski definition) is 0. The first-order chi connectivity index (χ1) is 9.68. The van der Waals surface area contributed by atoms with Gasteiger partial charge in [0.15, 0.2) is 6.73 Å².